The second-order valence-corrected chi connectivity index (χ2v) is 3.75. The molecule has 0 saturated carbocycles. The molecule has 3 heteroatoms. The molecule has 0 aliphatic carbocycles. The van der Waals surface area contributed by atoms with Gasteiger partial charge in [-0.25, -0.2) is 0 Å². The van der Waals surface area contributed by atoms with Crippen molar-refractivity contribution in [2.45, 2.75) is 12.8 Å². The first-order valence-corrected chi connectivity index (χ1v) is 5.57. The van der Waals surface area contributed by atoms with Crippen LogP contribution in [-0.4, -0.2) is 4.98 Å². The molecule has 0 aliphatic heterocycles. The smallest absolute Gasteiger partial charge is 0.145 e. The van der Waals surface area contributed by atoms with Gasteiger partial charge < -0.3 is 4.74 Å². The monoisotopic (exact) mass is 233 g/mol. The molecule has 0 saturated heterocycles. The highest BCUT2D eigenvalue weighted by Gasteiger charge is 2.02. The van der Waals surface area contributed by atoms with Crippen molar-refractivity contribution in [1.82, 2.24) is 4.98 Å². The number of nitrogens with zero attached hydrogens (tertiary/aromatic N) is 1. The third kappa shape index (κ3) is 2.52. The van der Waals surface area contributed by atoms with Gasteiger partial charge in [-0.1, -0.05) is 18.2 Å². The second-order valence-electron chi connectivity index (χ2n) is 3.48. The van der Waals surface area contributed by atoms with Crippen molar-refractivity contribution < 1.29 is 4.74 Å². The number of aromatic nitrogens is 1. The van der Waals surface area contributed by atoms with Crippen LogP contribution in [0.4, 0.5) is 0 Å². The van der Waals surface area contributed by atoms with Gasteiger partial charge in [0.1, 0.15) is 11.5 Å². The summed E-state index contributed by atoms with van der Waals surface area (Å²) in [5, 5.41) is 0. The Bertz CT molecular complexity index is 468. The van der Waals surface area contributed by atoms with Crippen LogP contribution in [0.5, 0.6) is 11.5 Å². The first-order chi connectivity index (χ1) is 7.79. The van der Waals surface area contributed by atoms with Gasteiger partial charge in [-0.2, -0.15) is 0 Å². The van der Waals surface area contributed by atoms with Crippen LogP contribution >= 0.6 is 11.6 Å². The summed E-state index contributed by atoms with van der Waals surface area (Å²) in [7, 11) is 0. The van der Waals surface area contributed by atoms with Gasteiger partial charge in [0.05, 0.1) is 12.1 Å². The van der Waals surface area contributed by atoms with E-state index >= 15 is 0 Å². The zero-order chi connectivity index (χ0) is 11.4. The Morgan fingerprint density at radius 1 is 1.19 bits per heavy atom. The van der Waals surface area contributed by atoms with Crippen LogP contribution in [-0.2, 0) is 5.88 Å². The predicted molar refractivity (Wildman–Crippen MR) is 65.0 cm³/mol. The van der Waals surface area contributed by atoms with E-state index in [2.05, 4.69) is 4.98 Å². The third-order valence-corrected chi connectivity index (χ3v) is 2.52. The fourth-order valence-electron chi connectivity index (χ4n) is 1.36. The maximum atomic E-state index is 5.83. The first kappa shape index (κ1) is 11.0. The Kier molecular flexibility index (Phi) is 3.42. The molecule has 1 heterocycles. The minimum atomic E-state index is 0.440. The molecule has 0 bridgehead atoms. The van der Waals surface area contributed by atoms with Crippen LogP contribution in [0.25, 0.3) is 0 Å². The maximum Gasteiger partial charge on any atom is 0.145 e. The van der Waals surface area contributed by atoms with Gasteiger partial charge in [-0.05, 0) is 25.1 Å². The van der Waals surface area contributed by atoms with E-state index in [1.807, 2.05) is 43.3 Å². The van der Waals surface area contributed by atoms with Crippen molar-refractivity contribution in [3.05, 3.63) is 53.9 Å². The fourth-order valence-corrected chi connectivity index (χ4v) is 1.58. The molecule has 0 spiro atoms. The normalized spacial score (nSPS) is 10.1. The average Bonchev–Trinajstić information content (AvgIpc) is 2.33. The van der Waals surface area contributed by atoms with Crippen molar-refractivity contribution >= 4 is 11.6 Å². The van der Waals surface area contributed by atoms with E-state index in [1.165, 1.54) is 0 Å². The van der Waals surface area contributed by atoms with Crippen molar-refractivity contribution in [3.63, 3.8) is 0 Å². The number of aryl methyl sites for hydroxylation is 1. The van der Waals surface area contributed by atoms with E-state index in [-0.39, 0.29) is 0 Å². The third-order valence-electron chi connectivity index (χ3n) is 2.23. The summed E-state index contributed by atoms with van der Waals surface area (Å²) in [6.45, 7) is 1.94. The highest BCUT2D eigenvalue weighted by Crippen LogP contribution is 2.25. The molecule has 0 unspecified atom stereocenters. The number of alkyl halides is 1. The quantitative estimate of drug-likeness (QED) is 0.750. The van der Waals surface area contributed by atoms with Gasteiger partial charge in [0, 0.05) is 11.3 Å². The largest absolute Gasteiger partial charge is 0.455 e. The standard InChI is InChI=1S/C13H12ClNO/c1-10-6-7-12(9-15-10)16-13-5-3-2-4-11(13)8-14/h2-7,9H,8H2,1H3. The van der Waals surface area contributed by atoms with E-state index in [0.717, 1.165) is 22.8 Å². The number of hydrogen-bond donors (Lipinski definition) is 0. The SMILES string of the molecule is Cc1ccc(Oc2ccccc2CCl)cn1. The van der Waals surface area contributed by atoms with Crippen molar-refractivity contribution in [3.8, 4) is 11.5 Å². The molecule has 0 aliphatic rings. The summed E-state index contributed by atoms with van der Waals surface area (Å²) < 4.78 is 5.71. The summed E-state index contributed by atoms with van der Waals surface area (Å²) in [6.07, 6.45) is 1.71. The summed E-state index contributed by atoms with van der Waals surface area (Å²) in [5.74, 6) is 1.95. The van der Waals surface area contributed by atoms with Gasteiger partial charge in [-0.3, -0.25) is 4.98 Å². The van der Waals surface area contributed by atoms with Crippen LogP contribution in [0, 0.1) is 6.92 Å². The van der Waals surface area contributed by atoms with Crippen molar-refractivity contribution in [2.24, 2.45) is 0 Å². The Hall–Kier alpha value is -1.54. The molecule has 2 rings (SSSR count). The lowest BCUT2D eigenvalue weighted by molar-refractivity contribution is 0.475. The van der Waals surface area contributed by atoms with Gasteiger partial charge in [-0.15, -0.1) is 11.6 Å². The van der Waals surface area contributed by atoms with E-state index in [0.29, 0.717) is 5.88 Å². The molecule has 0 radical (unpaired) electrons. The van der Waals surface area contributed by atoms with Crippen LogP contribution in [0.15, 0.2) is 42.6 Å². The number of benzene rings is 1. The van der Waals surface area contributed by atoms with Crippen molar-refractivity contribution in [1.29, 1.82) is 0 Å². The summed E-state index contributed by atoms with van der Waals surface area (Å²) in [5.41, 5.74) is 1.95. The Morgan fingerprint density at radius 2 is 2.00 bits per heavy atom. The lowest BCUT2D eigenvalue weighted by Crippen LogP contribution is -1.90. The first-order valence-electron chi connectivity index (χ1n) is 5.04. The van der Waals surface area contributed by atoms with Crippen LogP contribution in [0.3, 0.4) is 0 Å². The fraction of sp³-hybridized carbons (Fsp3) is 0.154. The molecular formula is C13H12ClNO. The van der Waals surface area contributed by atoms with Crippen LogP contribution in [0.1, 0.15) is 11.3 Å². The lowest BCUT2D eigenvalue weighted by atomic mass is 10.2. The van der Waals surface area contributed by atoms with E-state index in [9.17, 15) is 0 Å². The molecule has 2 nitrogen and oxygen atoms in total. The molecule has 2 aromatic rings. The topological polar surface area (TPSA) is 22.1 Å². The molecule has 1 aromatic carbocycles. The van der Waals surface area contributed by atoms with Crippen molar-refractivity contribution in [2.75, 3.05) is 0 Å². The number of rotatable bonds is 3. The second kappa shape index (κ2) is 4.99. The lowest BCUT2D eigenvalue weighted by Gasteiger charge is -2.08. The zero-order valence-electron chi connectivity index (χ0n) is 8.98. The minimum Gasteiger partial charge on any atom is -0.455 e. The number of hydrogen-bond acceptors (Lipinski definition) is 2. The van der Waals surface area contributed by atoms with Crippen LogP contribution < -0.4 is 4.74 Å². The maximum absolute atomic E-state index is 5.83. The summed E-state index contributed by atoms with van der Waals surface area (Å²) in [6, 6.07) is 11.5. The minimum absolute atomic E-state index is 0.440. The Morgan fingerprint density at radius 3 is 2.69 bits per heavy atom. The molecule has 0 N–H and O–H groups in total. The molecule has 1 aromatic heterocycles. The molecule has 82 valence electrons. The number of ether oxygens (including phenoxy) is 1. The highest BCUT2D eigenvalue weighted by molar-refractivity contribution is 6.17. The molecule has 0 fully saturated rings. The zero-order valence-corrected chi connectivity index (χ0v) is 9.74. The summed E-state index contributed by atoms with van der Waals surface area (Å²) >= 11 is 5.83. The predicted octanol–water partition coefficient (Wildman–Crippen LogP) is 3.92. The molecule has 16 heavy (non-hydrogen) atoms. The van der Waals surface area contributed by atoms with E-state index in [4.69, 9.17) is 16.3 Å². The van der Waals surface area contributed by atoms with Crippen LogP contribution in [0.2, 0.25) is 0 Å². The van der Waals surface area contributed by atoms with Gasteiger partial charge in [0.15, 0.2) is 0 Å². The van der Waals surface area contributed by atoms with Gasteiger partial charge in [0.25, 0.3) is 0 Å². The molecular weight excluding hydrogens is 222 g/mol. The average molecular weight is 234 g/mol. The highest BCUT2D eigenvalue weighted by atomic mass is 35.5. The van der Waals surface area contributed by atoms with E-state index < -0.39 is 0 Å². The van der Waals surface area contributed by atoms with Gasteiger partial charge in [0.2, 0.25) is 0 Å². The molecule has 0 amide bonds. The Labute approximate surface area is 99.9 Å². The Balaban J connectivity index is 2.23. The molecule has 0 atom stereocenters. The summed E-state index contributed by atoms with van der Waals surface area (Å²) in [4.78, 5) is 4.17. The van der Waals surface area contributed by atoms with Gasteiger partial charge >= 0.3 is 0 Å². The van der Waals surface area contributed by atoms with E-state index in [1.54, 1.807) is 6.20 Å². The number of halogens is 1. The number of para-hydroxylation sites is 1. The number of pyridine rings is 1.